The van der Waals surface area contributed by atoms with Gasteiger partial charge in [0, 0.05) is 26.1 Å². The Morgan fingerprint density at radius 1 is 1.57 bits per heavy atom. The fourth-order valence-corrected chi connectivity index (χ4v) is 1.79. The minimum Gasteiger partial charge on any atom is -0.352 e. The standard InChI is InChI=1S/C9H16N2O2S/c1-6(14)9(13)11-4-3-8(5-11)10-7(2)12/h6,8,14H,3-5H2,1-2H3,(H,10,12). The first kappa shape index (κ1) is 11.4. The third kappa shape index (κ3) is 2.90. The number of hydrogen-bond donors (Lipinski definition) is 2. The molecule has 1 fully saturated rings. The quantitative estimate of drug-likeness (QED) is 0.640. The molecule has 0 aromatic carbocycles. The molecule has 80 valence electrons. The first-order chi connectivity index (χ1) is 6.50. The molecule has 1 heterocycles. The average molecular weight is 216 g/mol. The fourth-order valence-electron chi connectivity index (χ4n) is 1.63. The number of carbonyl (C=O) groups excluding carboxylic acids is 2. The highest BCUT2D eigenvalue weighted by Crippen LogP contribution is 2.12. The number of rotatable bonds is 2. The summed E-state index contributed by atoms with van der Waals surface area (Å²) < 4.78 is 0. The summed E-state index contributed by atoms with van der Waals surface area (Å²) >= 11 is 4.09. The number of nitrogens with one attached hydrogen (secondary N) is 1. The van der Waals surface area contributed by atoms with Gasteiger partial charge in [0.05, 0.1) is 5.25 Å². The summed E-state index contributed by atoms with van der Waals surface area (Å²) in [5.41, 5.74) is 0. The number of thiol groups is 1. The Balaban J connectivity index is 2.41. The normalized spacial score (nSPS) is 23.4. The van der Waals surface area contributed by atoms with E-state index in [2.05, 4.69) is 17.9 Å². The first-order valence-electron chi connectivity index (χ1n) is 4.74. The predicted octanol–water partition coefficient (Wildman–Crippen LogP) is 0.0417. The first-order valence-corrected chi connectivity index (χ1v) is 5.26. The maximum absolute atomic E-state index is 11.5. The van der Waals surface area contributed by atoms with Crippen LogP contribution in [0.25, 0.3) is 0 Å². The molecule has 0 radical (unpaired) electrons. The second-order valence-electron chi connectivity index (χ2n) is 3.65. The minimum atomic E-state index is -0.258. The van der Waals surface area contributed by atoms with Gasteiger partial charge in [0.25, 0.3) is 0 Å². The van der Waals surface area contributed by atoms with Crippen LogP contribution in [0, 0.1) is 0 Å². The molecule has 5 heteroatoms. The van der Waals surface area contributed by atoms with Crippen LogP contribution in [0.5, 0.6) is 0 Å². The minimum absolute atomic E-state index is 0.0387. The fraction of sp³-hybridized carbons (Fsp3) is 0.778. The molecule has 4 nitrogen and oxygen atoms in total. The summed E-state index contributed by atoms with van der Waals surface area (Å²) in [5.74, 6) is 0.00408. The van der Waals surface area contributed by atoms with E-state index in [1.807, 2.05) is 0 Å². The molecule has 2 amide bonds. The summed E-state index contributed by atoms with van der Waals surface area (Å²) in [5, 5.41) is 2.55. The number of amides is 2. The van der Waals surface area contributed by atoms with Crippen molar-refractivity contribution in [2.45, 2.75) is 31.6 Å². The highest BCUT2D eigenvalue weighted by atomic mass is 32.1. The van der Waals surface area contributed by atoms with E-state index >= 15 is 0 Å². The van der Waals surface area contributed by atoms with Crippen molar-refractivity contribution in [3.63, 3.8) is 0 Å². The van der Waals surface area contributed by atoms with Crippen LogP contribution < -0.4 is 5.32 Å². The molecule has 0 aromatic heterocycles. The number of likely N-dealkylation sites (tertiary alicyclic amines) is 1. The van der Waals surface area contributed by atoms with Crippen molar-refractivity contribution in [3.8, 4) is 0 Å². The van der Waals surface area contributed by atoms with Gasteiger partial charge in [-0.2, -0.15) is 12.6 Å². The van der Waals surface area contributed by atoms with Crippen molar-refractivity contribution < 1.29 is 9.59 Å². The van der Waals surface area contributed by atoms with E-state index in [0.29, 0.717) is 13.1 Å². The molecule has 1 aliphatic heterocycles. The monoisotopic (exact) mass is 216 g/mol. The van der Waals surface area contributed by atoms with Gasteiger partial charge in [-0.05, 0) is 13.3 Å². The van der Waals surface area contributed by atoms with E-state index in [0.717, 1.165) is 6.42 Å². The summed E-state index contributed by atoms with van der Waals surface area (Å²) in [6.45, 7) is 4.58. The van der Waals surface area contributed by atoms with Gasteiger partial charge in [-0.1, -0.05) is 0 Å². The lowest BCUT2D eigenvalue weighted by atomic mass is 10.2. The molecule has 1 aliphatic rings. The average Bonchev–Trinajstić information content (AvgIpc) is 2.50. The molecule has 14 heavy (non-hydrogen) atoms. The molecule has 1 saturated heterocycles. The summed E-state index contributed by atoms with van der Waals surface area (Å²) in [6, 6.07) is 0.114. The molecule has 0 aliphatic carbocycles. The molecule has 0 bridgehead atoms. The van der Waals surface area contributed by atoms with E-state index in [-0.39, 0.29) is 23.1 Å². The van der Waals surface area contributed by atoms with Crippen molar-refractivity contribution in [3.05, 3.63) is 0 Å². The lowest BCUT2D eigenvalue weighted by Crippen LogP contribution is -2.39. The Morgan fingerprint density at radius 2 is 2.21 bits per heavy atom. The second kappa shape index (κ2) is 4.68. The summed E-state index contributed by atoms with van der Waals surface area (Å²) in [4.78, 5) is 24.0. The Hall–Kier alpha value is -0.710. The van der Waals surface area contributed by atoms with Gasteiger partial charge in [0.1, 0.15) is 0 Å². The predicted molar refractivity (Wildman–Crippen MR) is 57.2 cm³/mol. The molecule has 1 N–H and O–H groups in total. The van der Waals surface area contributed by atoms with Crippen LogP contribution in [0.15, 0.2) is 0 Å². The van der Waals surface area contributed by atoms with Crippen molar-refractivity contribution in [2.24, 2.45) is 0 Å². The van der Waals surface area contributed by atoms with Gasteiger partial charge in [-0.25, -0.2) is 0 Å². The highest BCUT2D eigenvalue weighted by Gasteiger charge is 2.27. The summed E-state index contributed by atoms with van der Waals surface area (Å²) in [6.07, 6.45) is 0.839. The third-order valence-electron chi connectivity index (χ3n) is 2.26. The molecule has 2 atom stereocenters. The van der Waals surface area contributed by atoms with E-state index in [1.165, 1.54) is 6.92 Å². The largest absolute Gasteiger partial charge is 0.352 e. The van der Waals surface area contributed by atoms with Crippen LogP contribution in [-0.2, 0) is 9.59 Å². The van der Waals surface area contributed by atoms with Crippen molar-refractivity contribution >= 4 is 24.4 Å². The Labute approximate surface area is 89.4 Å². The van der Waals surface area contributed by atoms with Crippen LogP contribution in [0.1, 0.15) is 20.3 Å². The zero-order valence-electron chi connectivity index (χ0n) is 8.49. The number of hydrogen-bond acceptors (Lipinski definition) is 3. The van der Waals surface area contributed by atoms with Crippen LogP contribution in [0.4, 0.5) is 0 Å². The zero-order valence-corrected chi connectivity index (χ0v) is 9.38. The number of carbonyl (C=O) groups is 2. The Morgan fingerprint density at radius 3 is 2.71 bits per heavy atom. The maximum atomic E-state index is 11.5. The maximum Gasteiger partial charge on any atom is 0.235 e. The summed E-state index contributed by atoms with van der Waals surface area (Å²) in [7, 11) is 0. The SMILES string of the molecule is CC(=O)NC1CCN(C(=O)C(C)S)C1. The highest BCUT2D eigenvalue weighted by molar-refractivity contribution is 7.81. The molecule has 0 aromatic rings. The Kier molecular flexibility index (Phi) is 3.80. The van der Waals surface area contributed by atoms with E-state index in [1.54, 1.807) is 11.8 Å². The molecular formula is C9H16N2O2S. The van der Waals surface area contributed by atoms with Crippen molar-refractivity contribution in [1.82, 2.24) is 10.2 Å². The zero-order chi connectivity index (χ0) is 10.7. The smallest absolute Gasteiger partial charge is 0.235 e. The van der Waals surface area contributed by atoms with E-state index in [4.69, 9.17) is 0 Å². The molecule has 0 spiro atoms. The third-order valence-corrected chi connectivity index (χ3v) is 2.49. The van der Waals surface area contributed by atoms with Crippen LogP contribution in [0.2, 0.25) is 0 Å². The van der Waals surface area contributed by atoms with Crippen molar-refractivity contribution in [2.75, 3.05) is 13.1 Å². The van der Waals surface area contributed by atoms with Gasteiger partial charge in [0.2, 0.25) is 11.8 Å². The molecule has 0 saturated carbocycles. The van der Waals surface area contributed by atoms with Crippen LogP contribution >= 0.6 is 12.6 Å². The van der Waals surface area contributed by atoms with Gasteiger partial charge in [-0.3, -0.25) is 9.59 Å². The van der Waals surface area contributed by atoms with Gasteiger partial charge in [-0.15, -0.1) is 0 Å². The van der Waals surface area contributed by atoms with Crippen molar-refractivity contribution in [1.29, 1.82) is 0 Å². The van der Waals surface area contributed by atoms with Crippen LogP contribution in [-0.4, -0.2) is 41.1 Å². The topological polar surface area (TPSA) is 49.4 Å². The Bertz CT molecular complexity index is 243. The lowest BCUT2D eigenvalue weighted by molar-refractivity contribution is -0.129. The van der Waals surface area contributed by atoms with Gasteiger partial charge in [0.15, 0.2) is 0 Å². The van der Waals surface area contributed by atoms with E-state index in [9.17, 15) is 9.59 Å². The molecule has 2 unspecified atom stereocenters. The van der Waals surface area contributed by atoms with E-state index < -0.39 is 0 Å². The number of nitrogens with zero attached hydrogens (tertiary/aromatic N) is 1. The van der Waals surface area contributed by atoms with Gasteiger partial charge >= 0.3 is 0 Å². The molecular weight excluding hydrogens is 200 g/mol. The molecule has 1 rings (SSSR count). The van der Waals surface area contributed by atoms with Gasteiger partial charge < -0.3 is 10.2 Å². The second-order valence-corrected chi connectivity index (χ2v) is 4.42. The van der Waals surface area contributed by atoms with Crippen LogP contribution in [0.3, 0.4) is 0 Å². The lowest BCUT2D eigenvalue weighted by Gasteiger charge is -2.18.